The van der Waals surface area contributed by atoms with Gasteiger partial charge in [0, 0.05) is 24.0 Å². The Balaban J connectivity index is 0.00000450. The SMILES string of the molecule is Cl.NOCCOCCOCCOCCNC(=O)CCCC[C@@H]1SC[C@@H]2NC(=O)N[C@@H]21. The highest BCUT2D eigenvalue weighted by Gasteiger charge is 2.42. The van der Waals surface area contributed by atoms with Crippen LogP contribution in [0.1, 0.15) is 25.7 Å². The van der Waals surface area contributed by atoms with Gasteiger partial charge >= 0.3 is 6.03 Å². The highest BCUT2D eigenvalue weighted by Crippen LogP contribution is 2.33. The number of unbranched alkanes of at least 4 members (excludes halogenated alkanes) is 1. The minimum absolute atomic E-state index is 0. The van der Waals surface area contributed by atoms with Crippen LogP contribution in [0.5, 0.6) is 0 Å². The van der Waals surface area contributed by atoms with Crippen LogP contribution in [0.3, 0.4) is 0 Å². The fourth-order valence-corrected chi connectivity index (χ4v) is 4.82. The van der Waals surface area contributed by atoms with Gasteiger partial charge in [0.25, 0.3) is 0 Å². The summed E-state index contributed by atoms with van der Waals surface area (Å²) in [6.07, 6.45) is 3.39. The van der Waals surface area contributed by atoms with Gasteiger partial charge < -0.3 is 35.0 Å². The third-order valence-corrected chi connectivity index (χ3v) is 6.25. The number of hydrogen-bond donors (Lipinski definition) is 4. The summed E-state index contributed by atoms with van der Waals surface area (Å²) in [6.45, 7) is 3.74. The Morgan fingerprint density at radius 3 is 2.40 bits per heavy atom. The highest BCUT2D eigenvalue weighted by molar-refractivity contribution is 8.00. The van der Waals surface area contributed by atoms with Crippen LogP contribution in [0.2, 0.25) is 0 Å². The molecule has 176 valence electrons. The quantitative estimate of drug-likeness (QED) is 0.134. The van der Waals surface area contributed by atoms with Crippen molar-refractivity contribution in [2.75, 3.05) is 58.5 Å². The predicted molar refractivity (Wildman–Crippen MR) is 117 cm³/mol. The summed E-state index contributed by atoms with van der Waals surface area (Å²) in [5.74, 6) is 5.89. The van der Waals surface area contributed by atoms with E-state index in [0.717, 1.165) is 25.0 Å². The standard InChI is InChI=1S/C18H34N4O6S.ClH/c19-28-12-11-27-10-9-26-8-7-25-6-5-20-16(23)4-2-1-3-15-17-14(13-29-15)21-18(24)22-17;/h14-15,17H,1-13,19H2,(H,20,23)(H2,21,22,24);1H/t14-,15-,17-;/m0./s1. The zero-order valence-electron chi connectivity index (χ0n) is 17.3. The summed E-state index contributed by atoms with van der Waals surface area (Å²) < 4.78 is 16.0. The minimum Gasteiger partial charge on any atom is -0.377 e. The molecule has 0 aromatic heterocycles. The second kappa shape index (κ2) is 16.8. The number of carbonyl (C=O) groups excluding carboxylic acids is 2. The monoisotopic (exact) mass is 470 g/mol. The number of halogens is 1. The summed E-state index contributed by atoms with van der Waals surface area (Å²) >= 11 is 1.90. The van der Waals surface area contributed by atoms with E-state index in [4.69, 9.17) is 20.1 Å². The van der Waals surface area contributed by atoms with Gasteiger partial charge in [-0.15, -0.1) is 12.4 Å². The van der Waals surface area contributed by atoms with Crippen molar-refractivity contribution >= 4 is 36.1 Å². The molecule has 2 aliphatic rings. The van der Waals surface area contributed by atoms with E-state index < -0.39 is 0 Å². The number of rotatable bonds is 17. The number of hydrogen-bond acceptors (Lipinski definition) is 8. The van der Waals surface area contributed by atoms with E-state index in [9.17, 15) is 9.59 Å². The lowest BCUT2D eigenvalue weighted by molar-refractivity contribution is -0.121. The number of nitrogens with two attached hydrogens (primary N) is 1. The van der Waals surface area contributed by atoms with Crippen molar-refractivity contribution in [1.29, 1.82) is 0 Å². The number of amides is 3. The number of nitrogens with one attached hydrogen (secondary N) is 3. The Labute approximate surface area is 188 Å². The van der Waals surface area contributed by atoms with Crippen molar-refractivity contribution in [1.82, 2.24) is 16.0 Å². The van der Waals surface area contributed by atoms with Crippen molar-refractivity contribution in [3.63, 3.8) is 0 Å². The van der Waals surface area contributed by atoms with Gasteiger partial charge in [-0.25, -0.2) is 10.7 Å². The third-order valence-electron chi connectivity index (χ3n) is 4.74. The van der Waals surface area contributed by atoms with E-state index in [1.165, 1.54) is 0 Å². The lowest BCUT2D eigenvalue weighted by Crippen LogP contribution is -2.36. The molecule has 2 aliphatic heterocycles. The van der Waals surface area contributed by atoms with Crippen LogP contribution in [0.4, 0.5) is 4.79 Å². The van der Waals surface area contributed by atoms with Gasteiger partial charge in [0.2, 0.25) is 5.91 Å². The Morgan fingerprint density at radius 2 is 1.70 bits per heavy atom. The maximum Gasteiger partial charge on any atom is 0.315 e. The molecule has 2 rings (SSSR count). The van der Waals surface area contributed by atoms with Gasteiger partial charge in [-0.1, -0.05) is 6.42 Å². The van der Waals surface area contributed by atoms with Crippen molar-refractivity contribution in [2.24, 2.45) is 5.90 Å². The molecule has 0 bridgehead atoms. The zero-order valence-corrected chi connectivity index (χ0v) is 18.9. The second-order valence-electron chi connectivity index (χ2n) is 6.93. The molecule has 3 atom stereocenters. The van der Waals surface area contributed by atoms with E-state index in [1.807, 2.05) is 11.8 Å². The van der Waals surface area contributed by atoms with Crippen LogP contribution in [0.25, 0.3) is 0 Å². The Bertz CT molecular complexity index is 494. The largest absolute Gasteiger partial charge is 0.377 e. The van der Waals surface area contributed by atoms with Crippen molar-refractivity contribution < 1.29 is 28.6 Å². The third kappa shape index (κ3) is 11.0. The molecule has 0 unspecified atom stereocenters. The summed E-state index contributed by atoms with van der Waals surface area (Å²) in [5, 5.41) is 9.25. The Morgan fingerprint density at radius 1 is 1.03 bits per heavy atom. The molecule has 2 fully saturated rings. The first-order chi connectivity index (χ1) is 14.2. The first kappa shape index (κ1) is 27.2. The van der Waals surface area contributed by atoms with Crippen LogP contribution in [-0.4, -0.2) is 87.8 Å². The number of fused-ring (bicyclic) bond motifs is 1. The molecular formula is C18H35ClN4O6S. The van der Waals surface area contributed by atoms with Crippen LogP contribution in [-0.2, 0) is 23.8 Å². The number of urea groups is 1. The van der Waals surface area contributed by atoms with Gasteiger partial charge in [-0.2, -0.15) is 11.8 Å². The molecule has 3 amide bonds. The molecule has 2 heterocycles. The normalized spacial score (nSPS) is 22.2. The van der Waals surface area contributed by atoms with Gasteiger partial charge in [0.15, 0.2) is 0 Å². The van der Waals surface area contributed by atoms with Crippen molar-refractivity contribution in [3.8, 4) is 0 Å². The van der Waals surface area contributed by atoms with Gasteiger partial charge in [-0.05, 0) is 12.8 Å². The molecule has 10 nitrogen and oxygen atoms in total. The Kier molecular flexibility index (Phi) is 15.3. The molecule has 30 heavy (non-hydrogen) atoms. The smallest absolute Gasteiger partial charge is 0.315 e. The molecule has 5 N–H and O–H groups in total. The number of thioether (sulfide) groups is 1. The summed E-state index contributed by atoms with van der Waals surface area (Å²) in [4.78, 5) is 27.6. The maximum absolute atomic E-state index is 11.9. The molecule has 0 spiro atoms. The lowest BCUT2D eigenvalue weighted by Gasteiger charge is -2.16. The minimum atomic E-state index is -0.0543. The molecule has 12 heteroatoms. The fourth-order valence-electron chi connectivity index (χ4n) is 3.27. The average Bonchev–Trinajstić information content (AvgIpc) is 3.25. The van der Waals surface area contributed by atoms with E-state index in [2.05, 4.69) is 20.8 Å². The van der Waals surface area contributed by atoms with Gasteiger partial charge in [-0.3, -0.25) is 4.79 Å². The molecule has 2 saturated heterocycles. The van der Waals surface area contributed by atoms with Crippen LogP contribution >= 0.6 is 24.2 Å². The summed E-state index contributed by atoms with van der Waals surface area (Å²) in [5.41, 5.74) is 0. The summed E-state index contributed by atoms with van der Waals surface area (Å²) in [6, 6.07) is 0.443. The van der Waals surface area contributed by atoms with Crippen LogP contribution < -0.4 is 21.8 Å². The molecule has 0 saturated carbocycles. The lowest BCUT2D eigenvalue weighted by atomic mass is 10.0. The maximum atomic E-state index is 11.9. The molecule has 0 aromatic carbocycles. The van der Waals surface area contributed by atoms with Crippen molar-refractivity contribution in [2.45, 2.75) is 43.0 Å². The number of carbonyl (C=O) groups is 2. The predicted octanol–water partition coefficient (Wildman–Crippen LogP) is 0.190. The molecule has 0 radical (unpaired) electrons. The van der Waals surface area contributed by atoms with E-state index in [0.29, 0.717) is 64.5 Å². The van der Waals surface area contributed by atoms with Gasteiger partial charge in [0.05, 0.1) is 58.3 Å². The van der Waals surface area contributed by atoms with Crippen LogP contribution in [0.15, 0.2) is 0 Å². The molecular weight excluding hydrogens is 436 g/mol. The molecule has 0 aromatic rings. The summed E-state index contributed by atoms with van der Waals surface area (Å²) in [7, 11) is 0. The van der Waals surface area contributed by atoms with E-state index in [-0.39, 0.29) is 36.4 Å². The molecule has 0 aliphatic carbocycles. The topological polar surface area (TPSA) is 133 Å². The second-order valence-corrected chi connectivity index (χ2v) is 8.20. The first-order valence-electron chi connectivity index (χ1n) is 10.2. The van der Waals surface area contributed by atoms with Crippen LogP contribution in [0, 0.1) is 0 Å². The highest BCUT2D eigenvalue weighted by atomic mass is 35.5. The zero-order chi connectivity index (χ0) is 20.7. The van der Waals surface area contributed by atoms with Crippen molar-refractivity contribution in [3.05, 3.63) is 0 Å². The van der Waals surface area contributed by atoms with E-state index >= 15 is 0 Å². The fraction of sp³-hybridized carbons (Fsp3) is 0.889. The number of ether oxygens (including phenoxy) is 3. The average molecular weight is 471 g/mol. The Hall–Kier alpha value is -0.820. The van der Waals surface area contributed by atoms with Gasteiger partial charge in [0.1, 0.15) is 0 Å². The first-order valence-corrected chi connectivity index (χ1v) is 11.3. The van der Waals surface area contributed by atoms with E-state index in [1.54, 1.807) is 0 Å².